The second-order valence-corrected chi connectivity index (χ2v) is 28.4. The summed E-state index contributed by atoms with van der Waals surface area (Å²) in [5.41, 5.74) is 0. The summed E-state index contributed by atoms with van der Waals surface area (Å²) in [6.45, 7) is 4.27. The van der Waals surface area contributed by atoms with Gasteiger partial charge in [0.25, 0.3) is 0 Å². The van der Waals surface area contributed by atoms with Crippen LogP contribution in [0.4, 0.5) is 0 Å². The van der Waals surface area contributed by atoms with Crippen molar-refractivity contribution in [3.63, 3.8) is 0 Å². The predicted octanol–water partition coefficient (Wildman–Crippen LogP) is 23.3. The van der Waals surface area contributed by atoms with Crippen molar-refractivity contribution >= 4 is 39.5 Å². The first kappa shape index (κ1) is 99.9. The molecule has 0 saturated carbocycles. The average Bonchev–Trinajstić information content (AvgIpc) is 0.933. The molecule has 0 amide bonds. The summed E-state index contributed by atoms with van der Waals surface area (Å²) in [6.07, 6.45) is 94.3. The number of carbonyl (C=O) groups is 4. The van der Waals surface area contributed by atoms with Gasteiger partial charge in [0.1, 0.15) is 19.3 Å². The van der Waals surface area contributed by atoms with Crippen LogP contribution >= 0.6 is 15.6 Å². The van der Waals surface area contributed by atoms with Gasteiger partial charge in [-0.15, -0.1) is 0 Å². The van der Waals surface area contributed by atoms with Crippen molar-refractivity contribution in [3.8, 4) is 0 Å². The molecule has 0 aromatic rings. The van der Waals surface area contributed by atoms with Crippen LogP contribution in [0.25, 0.3) is 0 Å². The summed E-state index contributed by atoms with van der Waals surface area (Å²) < 4.78 is 68.4. The van der Waals surface area contributed by atoms with Gasteiger partial charge in [-0.3, -0.25) is 37.3 Å². The smallest absolute Gasteiger partial charge is 0.462 e. The van der Waals surface area contributed by atoms with Crippen molar-refractivity contribution in [1.29, 1.82) is 0 Å². The van der Waals surface area contributed by atoms with E-state index < -0.39 is 97.5 Å². The second-order valence-electron chi connectivity index (χ2n) is 25.5. The van der Waals surface area contributed by atoms with Gasteiger partial charge in [0, 0.05) is 25.7 Å². The first-order chi connectivity index (χ1) is 51.7. The van der Waals surface area contributed by atoms with E-state index in [-0.39, 0.29) is 25.7 Å². The molecule has 0 aliphatic rings. The van der Waals surface area contributed by atoms with Gasteiger partial charge in [0.05, 0.1) is 26.4 Å². The molecule has 106 heavy (non-hydrogen) atoms. The lowest BCUT2D eigenvalue weighted by molar-refractivity contribution is -0.161. The fraction of sp³-hybridized carbons (Fsp3) is 0.586. The summed E-state index contributed by atoms with van der Waals surface area (Å²) in [4.78, 5) is 73.0. The Hall–Kier alpha value is -6.10. The first-order valence-corrected chi connectivity index (χ1v) is 42.7. The van der Waals surface area contributed by atoms with Crippen LogP contribution in [-0.2, 0) is 65.4 Å². The number of hydrogen-bond acceptors (Lipinski definition) is 15. The Labute approximate surface area is 640 Å². The van der Waals surface area contributed by atoms with E-state index in [1.54, 1.807) is 0 Å². The van der Waals surface area contributed by atoms with Crippen LogP contribution in [0.1, 0.15) is 272 Å². The van der Waals surface area contributed by atoms with Crippen molar-refractivity contribution < 1.29 is 80.2 Å². The fourth-order valence-corrected chi connectivity index (χ4v) is 11.2. The number of hydrogen-bond donors (Lipinski definition) is 3. The monoisotopic (exact) mass is 1520 g/mol. The minimum atomic E-state index is -5.02. The van der Waals surface area contributed by atoms with Gasteiger partial charge in [-0.1, -0.05) is 273 Å². The zero-order valence-electron chi connectivity index (χ0n) is 65.3. The Morgan fingerprint density at radius 2 is 0.509 bits per heavy atom. The highest BCUT2D eigenvalue weighted by Crippen LogP contribution is 2.45. The zero-order chi connectivity index (χ0) is 77.4. The maximum absolute atomic E-state index is 13.1. The SMILES string of the molecule is CC/C=C\C/C=C\C/C=C\C/C=C\C/C=C\C/C=C\CCC(=O)OCC(COP(=O)(O)OCC(O)COP(=O)(O)OCC(COC(=O)CCCCCCCC/C=C\C/C=C\C/C=C\C/C=C\CC)OC(=O)CCCCCCC/C=C\C/C=C\CCC)OC(=O)CCCC/C=C\C/C=C\C/C=C\C/C=C\CC. The van der Waals surface area contributed by atoms with Crippen LogP contribution in [0.15, 0.2) is 194 Å². The quantitative estimate of drug-likeness (QED) is 0.0169. The molecule has 0 saturated heterocycles. The third kappa shape index (κ3) is 76.1. The number of aliphatic hydroxyl groups excluding tert-OH is 1. The molecule has 19 heteroatoms. The number of phosphoric ester groups is 2. The van der Waals surface area contributed by atoms with Crippen LogP contribution in [-0.4, -0.2) is 96.7 Å². The third-order valence-corrected chi connectivity index (χ3v) is 17.4. The molecule has 0 rings (SSSR count). The maximum Gasteiger partial charge on any atom is 0.472 e. The minimum Gasteiger partial charge on any atom is -0.462 e. The first-order valence-electron chi connectivity index (χ1n) is 39.7. The van der Waals surface area contributed by atoms with E-state index in [9.17, 15) is 43.2 Å². The molecular weight excluding hydrogens is 1380 g/mol. The van der Waals surface area contributed by atoms with E-state index in [0.717, 1.165) is 180 Å². The topological polar surface area (TPSA) is 237 Å². The number of ether oxygens (including phenoxy) is 4. The number of rotatable bonds is 72. The van der Waals surface area contributed by atoms with Crippen LogP contribution < -0.4 is 0 Å². The van der Waals surface area contributed by atoms with Gasteiger partial charge in [-0.2, -0.15) is 0 Å². The van der Waals surface area contributed by atoms with Crippen LogP contribution in [0.2, 0.25) is 0 Å². The van der Waals surface area contributed by atoms with E-state index in [2.05, 4.69) is 198 Å². The van der Waals surface area contributed by atoms with Gasteiger partial charge >= 0.3 is 39.5 Å². The molecule has 0 aromatic carbocycles. The highest BCUT2D eigenvalue weighted by atomic mass is 31.2. The van der Waals surface area contributed by atoms with E-state index in [1.165, 1.54) is 0 Å². The predicted molar refractivity (Wildman–Crippen MR) is 436 cm³/mol. The molecule has 598 valence electrons. The Morgan fingerprint density at radius 3 is 0.830 bits per heavy atom. The van der Waals surface area contributed by atoms with E-state index >= 15 is 0 Å². The number of esters is 4. The van der Waals surface area contributed by atoms with Gasteiger partial charge in [-0.25, -0.2) is 9.13 Å². The van der Waals surface area contributed by atoms with E-state index in [0.29, 0.717) is 38.5 Å². The van der Waals surface area contributed by atoms with Gasteiger partial charge in [0.2, 0.25) is 0 Å². The van der Waals surface area contributed by atoms with Crippen LogP contribution in [0.5, 0.6) is 0 Å². The van der Waals surface area contributed by atoms with Crippen molar-refractivity contribution in [2.45, 2.75) is 290 Å². The van der Waals surface area contributed by atoms with Crippen LogP contribution in [0, 0.1) is 0 Å². The molecule has 17 nitrogen and oxygen atoms in total. The number of allylic oxidation sites excluding steroid dienone is 32. The summed E-state index contributed by atoms with van der Waals surface area (Å²) in [6, 6.07) is 0. The zero-order valence-corrected chi connectivity index (χ0v) is 67.1. The highest BCUT2D eigenvalue weighted by Gasteiger charge is 2.30. The highest BCUT2D eigenvalue weighted by molar-refractivity contribution is 7.47. The average molecular weight is 1520 g/mol. The molecule has 0 fully saturated rings. The Bertz CT molecular complexity index is 2780. The molecule has 0 aliphatic carbocycles. The molecule has 3 N–H and O–H groups in total. The van der Waals surface area contributed by atoms with Gasteiger partial charge in [0.15, 0.2) is 12.2 Å². The van der Waals surface area contributed by atoms with E-state index in [4.69, 9.17) is 37.0 Å². The Kier molecular flexibility index (Phi) is 72.6. The summed E-state index contributed by atoms with van der Waals surface area (Å²) in [5, 5.41) is 10.6. The number of aliphatic hydroxyl groups is 1. The standard InChI is InChI=1S/C87H138O17P2/c1-5-9-13-17-21-25-29-33-36-38-40-42-45-48-51-55-59-63-67-71-84(89)97-77-82(103-86(91)73-69-65-61-57-53-47-32-28-24-20-16-12-8-4)79-101-105(93,94)99-75-81(88)76-100-106(95,96)102-80-83(104-87(92)74-70-66-62-58-54-50-44-35-31-27-23-19-15-11-7-3)78-98-85(90)72-68-64-60-56-52-49-46-43-41-39-37-34-30-26-22-18-14-10-6-2/h9-11,13-16,20-23,25-28,32-37,40-44,49,52,54,58,60,64,81-83,88H,5-8,12,17-19,24,29-31,38-39,45-48,50-51,53,55-57,59,61-63,65-80H2,1-4H3,(H,93,94)(H,95,96)/b13-9-,14-10-,15-11-,20-16-,25-21-,26-22-,27-23-,32-28-,36-33-,37-34-,42-40-,43-41-,44-35-,52-49-,58-54-,64-60-. The fourth-order valence-electron chi connectivity index (χ4n) is 9.62. The van der Waals surface area contributed by atoms with Crippen molar-refractivity contribution in [2.75, 3.05) is 39.6 Å². The molecule has 0 spiro atoms. The van der Waals surface area contributed by atoms with Crippen molar-refractivity contribution in [1.82, 2.24) is 0 Å². The number of phosphoric acid groups is 2. The summed E-state index contributed by atoms with van der Waals surface area (Å²) in [5.74, 6) is -2.37. The van der Waals surface area contributed by atoms with Crippen molar-refractivity contribution in [2.24, 2.45) is 0 Å². The maximum atomic E-state index is 13.1. The summed E-state index contributed by atoms with van der Waals surface area (Å²) >= 11 is 0. The molecule has 0 heterocycles. The molecule has 5 atom stereocenters. The Balaban J connectivity index is 5.48. The number of carbonyl (C=O) groups excluding carboxylic acids is 4. The second kappa shape index (κ2) is 77.1. The molecule has 0 aliphatic heterocycles. The van der Waals surface area contributed by atoms with E-state index in [1.807, 2.05) is 24.3 Å². The van der Waals surface area contributed by atoms with Gasteiger partial charge < -0.3 is 33.8 Å². The summed E-state index contributed by atoms with van der Waals surface area (Å²) in [7, 11) is -10.0. The molecule has 0 bridgehead atoms. The molecular formula is C87H138O17P2. The molecule has 0 radical (unpaired) electrons. The van der Waals surface area contributed by atoms with Gasteiger partial charge in [-0.05, 0) is 167 Å². The lowest BCUT2D eigenvalue weighted by Crippen LogP contribution is -2.30. The molecule has 5 unspecified atom stereocenters. The van der Waals surface area contributed by atoms with Crippen molar-refractivity contribution in [3.05, 3.63) is 194 Å². The van der Waals surface area contributed by atoms with Crippen LogP contribution in [0.3, 0.4) is 0 Å². The Morgan fingerprint density at radius 1 is 0.274 bits per heavy atom. The largest absolute Gasteiger partial charge is 0.472 e. The normalized spacial score (nSPS) is 14.9. The minimum absolute atomic E-state index is 0.0185. The lowest BCUT2D eigenvalue weighted by atomic mass is 10.1. The molecule has 0 aromatic heterocycles. The lowest BCUT2D eigenvalue weighted by Gasteiger charge is -2.21. The number of unbranched alkanes of at least 4 members (excludes halogenated alkanes) is 14. The third-order valence-electron chi connectivity index (χ3n) is 15.5.